The summed E-state index contributed by atoms with van der Waals surface area (Å²) in [5.74, 6) is 0.556. The van der Waals surface area contributed by atoms with Crippen molar-refractivity contribution >= 4 is 23.1 Å². The highest BCUT2D eigenvalue weighted by molar-refractivity contribution is 7.80. The molecule has 104 valence electrons. The fourth-order valence-electron chi connectivity index (χ4n) is 2.26. The highest BCUT2D eigenvalue weighted by Gasteiger charge is 2.38. The molecule has 1 saturated carbocycles. The first-order chi connectivity index (χ1) is 9.00. The van der Waals surface area contributed by atoms with Gasteiger partial charge in [-0.2, -0.15) is 0 Å². The standard InChI is InChI=1S/C14H20N2O2S/c1-9(2)12(13(15)19)14(17)16(10-5-6-10)8-11-4-3-7-18-11/h3-4,7,9-10,12H,5-6,8H2,1-2H3,(H2,15,19). The van der Waals surface area contributed by atoms with Gasteiger partial charge in [-0.15, -0.1) is 0 Å². The number of nitrogens with two attached hydrogens (primary N) is 1. The molecule has 1 atom stereocenters. The summed E-state index contributed by atoms with van der Waals surface area (Å²) in [7, 11) is 0. The lowest BCUT2D eigenvalue weighted by Gasteiger charge is -2.28. The zero-order chi connectivity index (χ0) is 14.0. The van der Waals surface area contributed by atoms with Gasteiger partial charge in [0.1, 0.15) is 5.76 Å². The molecule has 1 unspecified atom stereocenters. The van der Waals surface area contributed by atoms with Crippen LogP contribution in [0.5, 0.6) is 0 Å². The van der Waals surface area contributed by atoms with E-state index in [1.165, 1.54) is 0 Å². The molecule has 1 aromatic heterocycles. The number of carbonyl (C=O) groups is 1. The highest BCUT2D eigenvalue weighted by atomic mass is 32.1. The van der Waals surface area contributed by atoms with Crippen LogP contribution in [0.1, 0.15) is 32.4 Å². The number of furan rings is 1. The Hall–Kier alpha value is -1.36. The molecule has 0 saturated heterocycles. The maximum Gasteiger partial charge on any atom is 0.233 e. The Morgan fingerprint density at radius 1 is 1.58 bits per heavy atom. The van der Waals surface area contributed by atoms with Gasteiger partial charge in [0.15, 0.2) is 0 Å². The number of amides is 1. The summed E-state index contributed by atoms with van der Waals surface area (Å²) in [5, 5.41) is 0. The Morgan fingerprint density at radius 2 is 2.26 bits per heavy atom. The minimum atomic E-state index is -0.384. The van der Waals surface area contributed by atoms with Crippen molar-refractivity contribution in [3.05, 3.63) is 24.2 Å². The summed E-state index contributed by atoms with van der Waals surface area (Å²) in [4.78, 5) is 14.8. The Bertz CT molecular complexity index is 452. The molecule has 1 amide bonds. The molecule has 4 nitrogen and oxygen atoms in total. The van der Waals surface area contributed by atoms with Crippen LogP contribution < -0.4 is 5.73 Å². The van der Waals surface area contributed by atoms with E-state index in [-0.39, 0.29) is 22.7 Å². The van der Waals surface area contributed by atoms with Crippen LogP contribution in [0.25, 0.3) is 0 Å². The number of nitrogens with zero attached hydrogens (tertiary/aromatic N) is 1. The van der Waals surface area contributed by atoms with Gasteiger partial charge >= 0.3 is 0 Å². The van der Waals surface area contributed by atoms with Crippen molar-refractivity contribution < 1.29 is 9.21 Å². The predicted molar refractivity (Wildman–Crippen MR) is 77.4 cm³/mol. The first kappa shape index (κ1) is 14.1. The first-order valence-corrected chi connectivity index (χ1v) is 7.03. The number of rotatable bonds is 6. The molecule has 5 heteroatoms. The molecule has 1 fully saturated rings. The van der Waals surface area contributed by atoms with Crippen LogP contribution in [0.4, 0.5) is 0 Å². The summed E-state index contributed by atoms with van der Waals surface area (Å²) in [6, 6.07) is 4.03. The SMILES string of the molecule is CC(C)C(C(=O)N(Cc1ccco1)C1CC1)C(N)=S. The third-order valence-corrected chi connectivity index (χ3v) is 3.67. The number of thiocarbonyl (C=S) groups is 1. The molecule has 0 bridgehead atoms. The van der Waals surface area contributed by atoms with E-state index >= 15 is 0 Å². The average molecular weight is 280 g/mol. The largest absolute Gasteiger partial charge is 0.467 e. The second-order valence-electron chi connectivity index (χ2n) is 5.40. The third kappa shape index (κ3) is 3.35. The van der Waals surface area contributed by atoms with Crippen LogP contribution in [0.2, 0.25) is 0 Å². The van der Waals surface area contributed by atoms with Crippen LogP contribution in [-0.2, 0) is 11.3 Å². The molecule has 1 aliphatic carbocycles. The van der Waals surface area contributed by atoms with Gasteiger partial charge in [-0.3, -0.25) is 4.79 Å². The van der Waals surface area contributed by atoms with Crippen LogP contribution in [0.15, 0.2) is 22.8 Å². The van der Waals surface area contributed by atoms with E-state index in [2.05, 4.69) is 0 Å². The van der Waals surface area contributed by atoms with Crippen molar-refractivity contribution in [1.29, 1.82) is 0 Å². The number of hydrogen-bond donors (Lipinski definition) is 1. The lowest BCUT2D eigenvalue weighted by molar-refractivity contribution is -0.135. The van der Waals surface area contributed by atoms with E-state index in [9.17, 15) is 4.79 Å². The lowest BCUT2D eigenvalue weighted by Crippen LogP contribution is -2.44. The summed E-state index contributed by atoms with van der Waals surface area (Å²) in [6.45, 7) is 4.45. The first-order valence-electron chi connectivity index (χ1n) is 6.63. The molecular formula is C14H20N2O2S. The Morgan fingerprint density at radius 3 is 2.68 bits per heavy atom. The van der Waals surface area contributed by atoms with Gasteiger partial charge in [0.25, 0.3) is 0 Å². The molecule has 1 aliphatic rings. The van der Waals surface area contributed by atoms with E-state index < -0.39 is 0 Å². The summed E-state index contributed by atoms with van der Waals surface area (Å²) < 4.78 is 5.33. The summed E-state index contributed by atoms with van der Waals surface area (Å²) in [5.41, 5.74) is 5.73. The van der Waals surface area contributed by atoms with Crippen molar-refractivity contribution in [3.8, 4) is 0 Å². The second-order valence-corrected chi connectivity index (χ2v) is 5.87. The fraction of sp³-hybridized carbons (Fsp3) is 0.571. The quantitative estimate of drug-likeness (QED) is 0.812. The highest BCUT2D eigenvalue weighted by Crippen LogP contribution is 2.31. The van der Waals surface area contributed by atoms with Gasteiger partial charge < -0.3 is 15.1 Å². The van der Waals surface area contributed by atoms with Crippen molar-refractivity contribution in [3.63, 3.8) is 0 Å². The molecule has 0 aromatic carbocycles. The minimum absolute atomic E-state index is 0.0291. The predicted octanol–water partition coefficient (Wildman–Crippen LogP) is 2.33. The zero-order valence-corrected chi connectivity index (χ0v) is 12.2. The van der Waals surface area contributed by atoms with Crippen molar-refractivity contribution in [2.75, 3.05) is 0 Å². The minimum Gasteiger partial charge on any atom is -0.467 e. The molecule has 0 spiro atoms. The number of carbonyl (C=O) groups excluding carboxylic acids is 1. The monoisotopic (exact) mass is 280 g/mol. The average Bonchev–Trinajstić information content (AvgIpc) is 3.02. The molecule has 2 N–H and O–H groups in total. The Balaban J connectivity index is 2.14. The van der Waals surface area contributed by atoms with Crippen LogP contribution in [-0.4, -0.2) is 21.8 Å². The molecule has 1 aromatic rings. The van der Waals surface area contributed by atoms with Gasteiger partial charge in [-0.05, 0) is 30.9 Å². The van der Waals surface area contributed by atoms with Gasteiger partial charge in [-0.1, -0.05) is 26.1 Å². The normalized spacial score (nSPS) is 16.4. The van der Waals surface area contributed by atoms with Crippen molar-refractivity contribution in [2.24, 2.45) is 17.6 Å². The van der Waals surface area contributed by atoms with Crippen molar-refractivity contribution in [1.82, 2.24) is 4.90 Å². The smallest absolute Gasteiger partial charge is 0.233 e. The van der Waals surface area contributed by atoms with E-state index in [1.54, 1.807) is 6.26 Å². The Labute approximate surface area is 118 Å². The molecule has 19 heavy (non-hydrogen) atoms. The van der Waals surface area contributed by atoms with E-state index in [4.69, 9.17) is 22.4 Å². The molecular weight excluding hydrogens is 260 g/mol. The van der Waals surface area contributed by atoms with Crippen LogP contribution in [0, 0.1) is 11.8 Å². The topological polar surface area (TPSA) is 59.5 Å². The summed E-state index contributed by atoms with van der Waals surface area (Å²) in [6.07, 6.45) is 3.72. The molecule has 0 aliphatic heterocycles. The van der Waals surface area contributed by atoms with Crippen molar-refractivity contribution in [2.45, 2.75) is 39.3 Å². The van der Waals surface area contributed by atoms with Gasteiger partial charge in [0.05, 0.1) is 23.7 Å². The molecule has 1 heterocycles. The molecule has 0 radical (unpaired) electrons. The maximum absolute atomic E-state index is 12.7. The zero-order valence-electron chi connectivity index (χ0n) is 11.3. The fourth-order valence-corrected chi connectivity index (χ4v) is 2.63. The third-order valence-electron chi connectivity index (χ3n) is 3.42. The summed E-state index contributed by atoms with van der Waals surface area (Å²) >= 11 is 5.05. The maximum atomic E-state index is 12.7. The second kappa shape index (κ2) is 5.74. The van der Waals surface area contributed by atoms with Gasteiger partial charge in [-0.25, -0.2) is 0 Å². The van der Waals surface area contributed by atoms with Gasteiger partial charge in [0.2, 0.25) is 5.91 Å². The Kier molecular flexibility index (Phi) is 4.24. The van der Waals surface area contributed by atoms with Crippen LogP contribution >= 0.6 is 12.2 Å². The lowest BCUT2D eigenvalue weighted by atomic mass is 9.94. The van der Waals surface area contributed by atoms with Crippen LogP contribution in [0.3, 0.4) is 0 Å². The van der Waals surface area contributed by atoms with E-state index in [0.717, 1.165) is 18.6 Å². The van der Waals surface area contributed by atoms with E-state index in [1.807, 2.05) is 30.9 Å². The number of hydrogen-bond acceptors (Lipinski definition) is 3. The van der Waals surface area contributed by atoms with Gasteiger partial charge in [0, 0.05) is 6.04 Å². The van der Waals surface area contributed by atoms with E-state index in [0.29, 0.717) is 12.6 Å². The molecule has 2 rings (SSSR count).